The van der Waals surface area contributed by atoms with E-state index >= 15 is 0 Å². The first-order chi connectivity index (χ1) is 6.11. The molecule has 0 bridgehead atoms. The molecule has 0 aliphatic rings. The van der Waals surface area contributed by atoms with Gasteiger partial charge in [0.25, 0.3) is 0 Å². The van der Waals surface area contributed by atoms with Crippen molar-refractivity contribution in [1.82, 2.24) is 0 Å². The highest BCUT2D eigenvalue weighted by atomic mass is 35.5. The average Bonchev–Trinajstić information content (AvgIpc) is 2.15. The fourth-order valence-electron chi connectivity index (χ4n) is 0.856. The molecule has 0 unspecified atom stereocenters. The smallest absolute Gasteiger partial charge is 0.182 e. The molecule has 5 heteroatoms. The summed E-state index contributed by atoms with van der Waals surface area (Å²) in [4.78, 5) is 0.179. The summed E-state index contributed by atoms with van der Waals surface area (Å²) in [6.45, 7) is 0. The molecule has 0 aliphatic carbocycles. The first kappa shape index (κ1) is 10.6. The maximum absolute atomic E-state index is 13.0. The molecule has 0 saturated carbocycles. The summed E-state index contributed by atoms with van der Waals surface area (Å²) in [6, 6.07) is 1.37. The van der Waals surface area contributed by atoms with Gasteiger partial charge >= 0.3 is 0 Å². The van der Waals surface area contributed by atoms with Crippen molar-refractivity contribution in [2.75, 3.05) is 13.4 Å². The van der Waals surface area contributed by atoms with Crippen LogP contribution in [0.5, 0.6) is 5.75 Å². The van der Waals surface area contributed by atoms with Gasteiger partial charge < -0.3 is 4.74 Å². The van der Waals surface area contributed by atoms with Crippen molar-refractivity contribution in [3.63, 3.8) is 0 Å². The Kier molecular flexibility index (Phi) is 3.39. The molecule has 13 heavy (non-hydrogen) atoms. The Balaban J connectivity index is 3.36. The quantitative estimate of drug-likeness (QED) is 0.563. The molecule has 0 radical (unpaired) electrons. The Morgan fingerprint density at radius 3 is 2.46 bits per heavy atom. The van der Waals surface area contributed by atoms with Gasteiger partial charge in [-0.2, -0.15) is 0 Å². The van der Waals surface area contributed by atoms with E-state index in [2.05, 4.69) is 0 Å². The molecule has 0 fully saturated rings. The topological polar surface area (TPSA) is 9.23 Å². The summed E-state index contributed by atoms with van der Waals surface area (Å²) >= 11 is 6.57. The molecular weight excluding hydrogens is 218 g/mol. The predicted molar refractivity (Wildman–Crippen MR) is 49.7 cm³/mol. The lowest BCUT2D eigenvalue weighted by Crippen LogP contribution is -1.93. The van der Waals surface area contributed by atoms with Crippen molar-refractivity contribution in [3.8, 4) is 5.75 Å². The van der Waals surface area contributed by atoms with E-state index in [4.69, 9.17) is 16.3 Å². The van der Waals surface area contributed by atoms with Crippen LogP contribution in [0, 0.1) is 11.6 Å². The van der Waals surface area contributed by atoms with E-state index in [1.54, 1.807) is 6.26 Å². The van der Waals surface area contributed by atoms with Gasteiger partial charge in [0, 0.05) is 4.90 Å². The first-order valence-corrected chi connectivity index (χ1v) is 4.97. The highest BCUT2D eigenvalue weighted by Gasteiger charge is 2.16. The van der Waals surface area contributed by atoms with Gasteiger partial charge in [-0.25, -0.2) is 8.78 Å². The molecule has 0 heterocycles. The van der Waals surface area contributed by atoms with Crippen molar-refractivity contribution in [3.05, 3.63) is 22.7 Å². The van der Waals surface area contributed by atoms with E-state index in [0.29, 0.717) is 0 Å². The lowest BCUT2D eigenvalue weighted by molar-refractivity contribution is 0.402. The average molecular weight is 225 g/mol. The van der Waals surface area contributed by atoms with E-state index < -0.39 is 11.6 Å². The molecule has 0 atom stereocenters. The first-order valence-electron chi connectivity index (χ1n) is 3.37. The van der Waals surface area contributed by atoms with Crippen molar-refractivity contribution in [1.29, 1.82) is 0 Å². The maximum Gasteiger partial charge on any atom is 0.182 e. The summed E-state index contributed by atoms with van der Waals surface area (Å²) in [6.07, 6.45) is 1.64. The third-order valence-corrected chi connectivity index (χ3v) is 2.61. The molecule has 0 spiro atoms. The number of methoxy groups -OCH3 is 1. The predicted octanol–water partition coefficient (Wildman–Crippen LogP) is 3.35. The number of hydrogen-bond donors (Lipinski definition) is 0. The van der Waals surface area contributed by atoms with Crippen LogP contribution in [0.25, 0.3) is 0 Å². The lowest BCUT2D eigenvalue weighted by Gasteiger charge is -2.07. The van der Waals surface area contributed by atoms with E-state index in [9.17, 15) is 8.78 Å². The SMILES string of the molecule is COc1cc(SC)c(F)c(F)c1Cl. The molecular formula is C8H7ClF2OS. The van der Waals surface area contributed by atoms with Crippen LogP contribution in [0.4, 0.5) is 8.78 Å². The van der Waals surface area contributed by atoms with Gasteiger partial charge in [-0.1, -0.05) is 11.6 Å². The second kappa shape index (κ2) is 4.15. The largest absolute Gasteiger partial charge is 0.495 e. The minimum absolute atomic E-state index is 0.143. The Bertz CT molecular complexity index is 302. The number of rotatable bonds is 2. The van der Waals surface area contributed by atoms with Gasteiger partial charge in [0.15, 0.2) is 11.6 Å². The maximum atomic E-state index is 13.0. The second-order valence-electron chi connectivity index (χ2n) is 2.22. The zero-order chi connectivity index (χ0) is 10.0. The number of benzene rings is 1. The number of hydrogen-bond acceptors (Lipinski definition) is 2. The highest BCUT2D eigenvalue weighted by molar-refractivity contribution is 7.98. The summed E-state index contributed by atoms with van der Waals surface area (Å²) in [5, 5.41) is -0.321. The Hall–Kier alpha value is -0.480. The van der Waals surface area contributed by atoms with Crippen LogP contribution < -0.4 is 4.74 Å². The van der Waals surface area contributed by atoms with Crippen LogP contribution in [0.1, 0.15) is 0 Å². The summed E-state index contributed by atoms with van der Waals surface area (Å²) in [5.74, 6) is -1.85. The molecule has 72 valence electrons. The van der Waals surface area contributed by atoms with E-state index in [1.807, 2.05) is 0 Å². The van der Waals surface area contributed by atoms with Gasteiger partial charge in [-0.05, 0) is 12.3 Å². The summed E-state index contributed by atoms with van der Waals surface area (Å²) in [5.41, 5.74) is 0. The van der Waals surface area contributed by atoms with Crippen LogP contribution in [0.3, 0.4) is 0 Å². The fraction of sp³-hybridized carbons (Fsp3) is 0.250. The fourth-order valence-corrected chi connectivity index (χ4v) is 1.56. The molecule has 0 amide bonds. The van der Waals surface area contributed by atoms with Crippen molar-refractivity contribution < 1.29 is 13.5 Å². The van der Waals surface area contributed by atoms with Crippen molar-refractivity contribution >= 4 is 23.4 Å². The number of ether oxygens (including phenoxy) is 1. The normalized spacial score (nSPS) is 10.2. The third-order valence-electron chi connectivity index (χ3n) is 1.52. The van der Waals surface area contributed by atoms with Crippen molar-refractivity contribution in [2.45, 2.75) is 4.90 Å². The third kappa shape index (κ3) is 1.89. The molecule has 1 aromatic carbocycles. The Morgan fingerprint density at radius 2 is 2.00 bits per heavy atom. The Labute approximate surface area is 84.0 Å². The van der Waals surface area contributed by atoms with Gasteiger partial charge in [0.2, 0.25) is 0 Å². The van der Waals surface area contributed by atoms with E-state index in [1.165, 1.54) is 13.2 Å². The lowest BCUT2D eigenvalue weighted by atomic mass is 10.3. The molecule has 1 aromatic rings. The van der Waals surface area contributed by atoms with Crippen LogP contribution in [0.2, 0.25) is 5.02 Å². The Morgan fingerprint density at radius 1 is 1.38 bits per heavy atom. The minimum Gasteiger partial charge on any atom is -0.495 e. The monoisotopic (exact) mass is 224 g/mol. The molecule has 1 rings (SSSR count). The number of halogens is 3. The van der Waals surface area contributed by atoms with Crippen molar-refractivity contribution in [2.24, 2.45) is 0 Å². The summed E-state index contributed by atoms with van der Waals surface area (Å²) in [7, 11) is 1.35. The molecule has 1 nitrogen and oxygen atoms in total. The molecule has 0 N–H and O–H groups in total. The van der Waals surface area contributed by atoms with Gasteiger partial charge in [0.1, 0.15) is 10.8 Å². The van der Waals surface area contributed by atoms with Gasteiger partial charge in [0.05, 0.1) is 7.11 Å². The second-order valence-corrected chi connectivity index (χ2v) is 3.45. The van der Waals surface area contributed by atoms with Gasteiger partial charge in [-0.15, -0.1) is 11.8 Å². The zero-order valence-electron chi connectivity index (χ0n) is 7.03. The zero-order valence-corrected chi connectivity index (χ0v) is 8.60. The van der Waals surface area contributed by atoms with Crippen LogP contribution in [0.15, 0.2) is 11.0 Å². The molecule has 0 aromatic heterocycles. The van der Waals surface area contributed by atoms with Crippen LogP contribution in [-0.4, -0.2) is 13.4 Å². The van der Waals surface area contributed by atoms with Crippen LogP contribution in [-0.2, 0) is 0 Å². The van der Waals surface area contributed by atoms with Gasteiger partial charge in [-0.3, -0.25) is 0 Å². The van der Waals surface area contributed by atoms with E-state index in [0.717, 1.165) is 11.8 Å². The summed E-state index contributed by atoms with van der Waals surface area (Å²) < 4.78 is 30.8. The standard InChI is InChI=1S/C8H7ClF2OS/c1-12-4-3-5(13-2)7(10)8(11)6(4)9/h3H,1-2H3. The highest BCUT2D eigenvalue weighted by Crippen LogP contribution is 2.34. The van der Waals surface area contributed by atoms with E-state index in [-0.39, 0.29) is 15.7 Å². The number of thioether (sulfide) groups is 1. The molecule has 0 aliphatic heterocycles. The van der Waals surface area contributed by atoms with Crippen LogP contribution >= 0.6 is 23.4 Å². The minimum atomic E-state index is -1.06. The molecule has 0 saturated heterocycles.